The first-order valence-electron chi connectivity index (χ1n) is 6.91. The minimum Gasteiger partial charge on any atom is -0.480 e. The summed E-state index contributed by atoms with van der Waals surface area (Å²) in [6.45, 7) is 3.22. The molecule has 6 nitrogen and oxygen atoms in total. The summed E-state index contributed by atoms with van der Waals surface area (Å²) < 4.78 is 30.9. The quantitative estimate of drug-likeness (QED) is 0.743. The number of halogens is 2. The molecule has 2 atom stereocenters. The van der Waals surface area contributed by atoms with Crippen molar-refractivity contribution in [2.75, 3.05) is 6.61 Å². The van der Waals surface area contributed by atoms with Crippen LogP contribution in [0, 0.1) is 17.6 Å². The van der Waals surface area contributed by atoms with Gasteiger partial charge >= 0.3 is 11.9 Å². The van der Waals surface area contributed by atoms with E-state index in [1.807, 2.05) is 0 Å². The summed E-state index contributed by atoms with van der Waals surface area (Å²) in [5, 5.41) is 11.3. The molecule has 0 saturated heterocycles. The third kappa shape index (κ3) is 5.65. The standard InChI is InChI=1S/C15H17F2NO5/c1-3-23-15(22)8(2)4-12(14(20)21)18-13(19)9-5-10(16)7-11(17)6-9/h5-8,12H,3-4H2,1-2H3,(H,18,19)(H,20,21)/t8-,12+/m1/s1. The van der Waals surface area contributed by atoms with E-state index in [2.05, 4.69) is 5.32 Å². The predicted octanol–water partition coefficient (Wildman–Crippen LogP) is 1.74. The number of hydrogen-bond acceptors (Lipinski definition) is 4. The number of carbonyl (C=O) groups excluding carboxylic acids is 2. The summed E-state index contributed by atoms with van der Waals surface area (Å²) in [7, 11) is 0. The van der Waals surface area contributed by atoms with Crippen molar-refractivity contribution in [2.45, 2.75) is 26.3 Å². The molecule has 0 heterocycles. The predicted molar refractivity (Wildman–Crippen MR) is 75.7 cm³/mol. The highest BCUT2D eigenvalue weighted by Crippen LogP contribution is 2.12. The fourth-order valence-electron chi connectivity index (χ4n) is 1.88. The van der Waals surface area contributed by atoms with E-state index in [1.165, 1.54) is 6.92 Å². The van der Waals surface area contributed by atoms with Gasteiger partial charge in [-0.25, -0.2) is 13.6 Å². The first-order valence-corrected chi connectivity index (χ1v) is 6.91. The normalized spacial score (nSPS) is 13.0. The Morgan fingerprint density at radius 2 is 1.78 bits per heavy atom. The van der Waals surface area contributed by atoms with E-state index < -0.39 is 41.4 Å². The van der Waals surface area contributed by atoms with Crippen molar-refractivity contribution in [2.24, 2.45) is 5.92 Å². The van der Waals surface area contributed by atoms with Crippen LogP contribution >= 0.6 is 0 Å². The van der Waals surface area contributed by atoms with E-state index in [-0.39, 0.29) is 18.6 Å². The van der Waals surface area contributed by atoms with Gasteiger partial charge in [-0.05, 0) is 25.5 Å². The molecule has 0 aliphatic rings. The van der Waals surface area contributed by atoms with Crippen LogP contribution in [0.5, 0.6) is 0 Å². The van der Waals surface area contributed by atoms with Gasteiger partial charge in [0, 0.05) is 11.6 Å². The molecule has 126 valence electrons. The number of ether oxygens (including phenoxy) is 1. The van der Waals surface area contributed by atoms with Gasteiger partial charge in [-0.3, -0.25) is 9.59 Å². The maximum atomic E-state index is 13.1. The van der Waals surface area contributed by atoms with E-state index in [0.717, 1.165) is 12.1 Å². The monoisotopic (exact) mass is 329 g/mol. The Labute approximate surface area is 131 Å². The van der Waals surface area contributed by atoms with Gasteiger partial charge in [0.05, 0.1) is 12.5 Å². The number of carbonyl (C=O) groups is 3. The number of aliphatic carboxylic acids is 1. The van der Waals surface area contributed by atoms with Crippen LogP contribution in [0.15, 0.2) is 18.2 Å². The lowest BCUT2D eigenvalue weighted by atomic mass is 10.0. The summed E-state index contributed by atoms with van der Waals surface area (Å²) in [4.78, 5) is 34.6. The van der Waals surface area contributed by atoms with Crippen molar-refractivity contribution in [1.82, 2.24) is 5.32 Å². The van der Waals surface area contributed by atoms with Gasteiger partial charge in [-0.1, -0.05) is 6.92 Å². The Hall–Kier alpha value is -2.51. The molecule has 1 aromatic rings. The topological polar surface area (TPSA) is 92.7 Å². The second kappa shape index (κ2) is 8.21. The molecule has 0 aromatic heterocycles. The minimum atomic E-state index is -1.40. The summed E-state index contributed by atoms with van der Waals surface area (Å²) >= 11 is 0. The van der Waals surface area contributed by atoms with Crippen LogP contribution < -0.4 is 5.32 Å². The van der Waals surface area contributed by atoms with E-state index in [0.29, 0.717) is 6.07 Å². The highest BCUT2D eigenvalue weighted by molar-refractivity contribution is 5.96. The van der Waals surface area contributed by atoms with Crippen molar-refractivity contribution in [3.05, 3.63) is 35.4 Å². The molecule has 1 aromatic carbocycles. The minimum absolute atomic E-state index is 0.149. The molecule has 0 spiro atoms. The average molecular weight is 329 g/mol. The Morgan fingerprint density at radius 1 is 1.22 bits per heavy atom. The summed E-state index contributed by atoms with van der Waals surface area (Å²) in [5.74, 6) is -5.59. The molecule has 0 unspecified atom stereocenters. The molecule has 23 heavy (non-hydrogen) atoms. The SMILES string of the molecule is CCOC(=O)[C@H](C)C[C@H](NC(=O)c1cc(F)cc(F)c1)C(=O)O. The Morgan fingerprint density at radius 3 is 2.26 bits per heavy atom. The zero-order chi connectivity index (χ0) is 17.6. The fourth-order valence-corrected chi connectivity index (χ4v) is 1.88. The second-order valence-electron chi connectivity index (χ2n) is 4.91. The van der Waals surface area contributed by atoms with Crippen LogP contribution in [0.25, 0.3) is 0 Å². The van der Waals surface area contributed by atoms with Gasteiger partial charge in [-0.2, -0.15) is 0 Å². The Kier molecular flexibility index (Phi) is 6.62. The number of nitrogens with one attached hydrogen (secondary N) is 1. The van der Waals surface area contributed by atoms with Gasteiger partial charge in [-0.15, -0.1) is 0 Å². The summed E-state index contributed by atoms with van der Waals surface area (Å²) in [6.07, 6.45) is -0.211. The molecule has 0 radical (unpaired) electrons. The van der Waals surface area contributed by atoms with E-state index in [9.17, 15) is 23.2 Å². The van der Waals surface area contributed by atoms with Crippen molar-refractivity contribution >= 4 is 17.8 Å². The fraction of sp³-hybridized carbons (Fsp3) is 0.400. The number of esters is 1. The van der Waals surface area contributed by atoms with Gasteiger partial charge in [0.15, 0.2) is 0 Å². The molecule has 8 heteroatoms. The third-order valence-electron chi connectivity index (χ3n) is 3.01. The van der Waals surface area contributed by atoms with Gasteiger partial charge in [0.2, 0.25) is 0 Å². The van der Waals surface area contributed by atoms with Crippen molar-refractivity contribution in [1.29, 1.82) is 0 Å². The van der Waals surface area contributed by atoms with Crippen LogP contribution in [0.1, 0.15) is 30.6 Å². The number of carboxylic acid groups (broad SMARTS) is 1. The molecule has 1 amide bonds. The Balaban J connectivity index is 2.81. The first kappa shape index (κ1) is 18.5. The average Bonchev–Trinajstić information content (AvgIpc) is 2.45. The maximum absolute atomic E-state index is 13.1. The first-order chi connectivity index (χ1) is 10.7. The van der Waals surface area contributed by atoms with E-state index in [1.54, 1.807) is 6.92 Å². The third-order valence-corrected chi connectivity index (χ3v) is 3.01. The largest absolute Gasteiger partial charge is 0.480 e. The molecule has 2 N–H and O–H groups in total. The summed E-state index contributed by atoms with van der Waals surface area (Å²) in [5.41, 5.74) is -0.350. The number of amides is 1. The molecule has 0 fully saturated rings. The zero-order valence-electron chi connectivity index (χ0n) is 12.6. The van der Waals surface area contributed by atoms with Crippen LogP contribution in [0.2, 0.25) is 0 Å². The van der Waals surface area contributed by atoms with Crippen molar-refractivity contribution < 1.29 is 33.0 Å². The van der Waals surface area contributed by atoms with Crippen LogP contribution in [-0.4, -0.2) is 35.6 Å². The number of carboxylic acids is 1. The Bertz CT molecular complexity index is 585. The van der Waals surface area contributed by atoms with Gasteiger partial charge in [0.25, 0.3) is 5.91 Å². The molecule has 0 aliphatic heterocycles. The number of hydrogen-bond donors (Lipinski definition) is 2. The maximum Gasteiger partial charge on any atom is 0.326 e. The number of benzene rings is 1. The lowest BCUT2D eigenvalue weighted by Crippen LogP contribution is -2.42. The van der Waals surface area contributed by atoms with Crippen LogP contribution in [0.3, 0.4) is 0 Å². The highest BCUT2D eigenvalue weighted by Gasteiger charge is 2.27. The lowest BCUT2D eigenvalue weighted by molar-refractivity contribution is -0.148. The van der Waals surface area contributed by atoms with Gasteiger partial charge < -0.3 is 15.2 Å². The van der Waals surface area contributed by atoms with E-state index >= 15 is 0 Å². The molecule has 0 saturated carbocycles. The highest BCUT2D eigenvalue weighted by atomic mass is 19.1. The molecule has 0 bridgehead atoms. The molecular formula is C15H17F2NO5. The second-order valence-corrected chi connectivity index (χ2v) is 4.91. The van der Waals surface area contributed by atoms with Gasteiger partial charge in [0.1, 0.15) is 17.7 Å². The van der Waals surface area contributed by atoms with Crippen molar-refractivity contribution in [3.8, 4) is 0 Å². The lowest BCUT2D eigenvalue weighted by Gasteiger charge is -2.18. The van der Waals surface area contributed by atoms with E-state index in [4.69, 9.17) is 9.84 Å². The number of rotatable bonds is 7. The molecular weight excluding hydrogens is 312 g/mol. The van der Waals surface area contributed by atoms with Crippen molar-refractivity contribution in [3.63, 3.8) is 0 Å². The smallest absolute Gasteiger partial charge is 0.326 e. The van der Waals surface area contributed by atoms with Crippen LogP contribution in [-0.2, 0) is 14.3 Å². The molecule has 1 rings (SSSR count). The molecule has 0 aliphatic carbocycles. The zero-order valence-corrected chi connectivity index (χ0v) is 12.6. The summed E-state index contributed by atoms with van der Waals surface area (Å²) in [6, 6.07) is 0.764. The van der Waals surface area contributed by atoms with Crippen LogP contribution in [0.4, 0.5) is 8.78 Å².